The lowest BCUT2D eigenvalue weighted by Crippen LogP contribution is -2.17. The van der Waals surface area contributed by atoms with Crippen LogP contribution in [0.25, 0.3) is 0 Å². The van der Waals surface area contributed by atoms with Crippen LogP contribution in [-0.2, 0) is 4.74 Å². The van der Waals surface area contributed by atoms with Gasteiger partial charge in [0, 0.05) is 12.3 Å². The summed E-state index contributed by atoms with van der Waals surface area (Å²) in [5.41, 5.74) is 1.33. The maximum Gasteiger partial charge on any atom is 0.158 e. The maximum atomic E-state index is 5.23. The summed E-state index contributed by atoms with van der Waals surface area (Å²) in [7, 11) is 0. The van der Waals surface area contributed by atoms with Crippen LogP contribution in [0, 0.1) is 5.92 Å². The number of hydrogen-bond acceptors (Lipinski definition) is 2. The first-order chi connectivity index (χ1) is 3.88. The zero-order chi connectivity index (χ0) is 5.56. The van der Waals surface area contributed by atoms with Gasteiger partial charge in [-0.1, -0.05) is 6.92 Å². The van der Waals surface area contributed by atoms with E-state index in [1.165, 1.54) is 17.9 Å². The van der Waals surface area contributed by atoms with Gasteiger partial charge in [0.25, 0.3) is 0 Å². The molecule has 0 saturated heterocycles. The zero-order valence-electron chi connectivity index (χ0n) is 4.90. The molecule has 1 atom stereocenters. The molecule has 1 aliphatic carbocycles. The predicted molar refractivity (Wildman–Crippen MR) is 29.9 cm³/mol. The third-order valence-corrected chi connectivity index (χ3v) is 1.77. The van der Waals surface area contributed by atoms with Crippen molar-refractivity contribution in [3.63, 3.8) is 0 Å². The average Bonchev–Trinajstić information content (AvgIpc) is 2.09. The van der Waals surface area contributed by atoms with Crippen LogP contribution in [0.1, 0.15) is 13.3 Å². The Kier molecular flexibility index (Phi) is 0.629. The van der Waals surface area contributed by atoms with Gasteiger partial charge in [0.1, 0.15) is 5.76 Å². The van der Waals surface area contributed by atoms with Crippen LogP contribution in [0.15, 0.2) is 11.5 Å². The number of nitrogens with one attached hydrogen (secondary N) is 1. The largest absolute Gasteiger partial charge is 0.476 e. The van der Waals surface area contributed by atoms with Gasteiger partial charge in [0.2, 0.25) is 0 Å². The normalized spacial score (nSPS) is 32.9. The molecule has 1 aliphatic heterocycles. The molecular weight excluding hydrogens is 102 g/mol. The van der Waals surface area contributed by atoms with E-state index in [1.807, 2.05) is 0 Å². The van der Waals surface area contributed by atoms with E-state index in [4.69, 9.17) is 4.74 Å². The fourth-order valence-corrected chi connectivity index (χ4v) is 1.26. The minimum absolute atomic E-state index is 0.681. The quantitative estimate of drug-likeness (QED) is 0.499. The molecule has 44 valence electrons. The van der Waals surface area contributed by atoms with E-state index in [1.54, 1.807) is 0 Å². The van der Waals surface area contributed by atoms with Crippen LogP contribution in [-0.4, -0.2) is 6.73 Å². The Morgan fingerprint density at radius 3 is 3.12 bits per heavy atom. The molecule has 0 aromatic carbocycles. The maximum absolute atomic E-state index is 5.23. The van der Waals surface area contributed by atoms with Gasteiger partial charge in [-0.15, -0.1) is 0 Å². The second-order valence-corrected chi connectivity index (χ2v) is 2.41. The molecule has 0 fully saturated rings. The molecule has 0 bridgehead atoms. The summed E-state index contributed by atoms with van der Waals surface area (Å²) < 4.78 is 5.23. The van der Waals surface area contributed by atoms with Crippen molar-refractivity contribution in [1.29, 1.82) is 0 Å². The summed E-state index contributed by atoms with van der Waals surface area (Å²) in [5, 5.41) is 3.14. The van der Waals surface area contributed by atoms with Gasteiger partial charge >= 0.3 is 0 Å². The van der Waals surface area contributed by atoms with Crippen molar-refractivity contribution in [2.45, 2.75) is 13.3 Å². The van der Waals surface area contributed by atoms with E-state index < -0.39 is 0 Å². The van der Waals surface area contributed by atoms with E-state index in [9.17, 15) is 0 Å². The monoisotopic (exact) mass is 111 g/mol. The Hall–Kier alpha value is -0.660. The van der Waals surface area contributed by atoms with Crippen LogP contribution < -0.4 is 5.32 Å². The van der Waals surface area contributed by atoms with E-state index in [-0.39, 0.29) is 0 Å². The molecule has 2 nitrogen and oxygen atoms in total. The van der Waals surface area contributed by atoms with Gasteiger partial charge in [-0.3, -0.25) is 0 Å². The molecule has 0 radical (unpaired) electrons. The molecule has 1 N–H and O–H groups in total. The minimum Gasteiger partial charge on any atom is -0.476 e. The van der Waals surface area contributed by atoms with Gasteiger partial charge in [-0.05, 0) is 0 Å². The van der Waals surface area contributed by atoms with Gasteiger partial charge < -0.3 is 10.1 Å². The van der Waals surface area contributed by atoms with Crippen molar-refractivity contribution >= 4 is 0 Å². The first-order valence-electron chi connectivity index (χ1n) is 2.97. The molecule has 8 heavy (non-hydrogen) atoms. The lowest BCUT2D eigenvalue weighted by Gasteiger charge is -2.21. The number of ether oxygens (including phenoxy) is 1. The van der Waals surface area contributed by atoms with Crippen LogP contribution in [0.2, 0.25) is 0 Å². The van der Waals surface area contributed by atoms with Crippen molar-refractivity contribution in [1.82, 2.24) is 5.32 Å². The van der Waals surface area contributed by atoms with Crippen molar-refractivity contribution in [2.75, 3.05) is 6.73 Å². The molecular formula is C6H9NO. The molecule has 1 heterocycles. The third kappa shape index (κ3) is 0.335. The Morgan fingerprint density at radius 2 is 2.62 bits per heavy atom. The van der Waals surface area contributed by atoms with Gasteiger partial charge in [0.15, 0.2) is 6.73 Å². The number of allylic oxidation sites excluding steroid dienone is 2. The van der Waals surface area contributed by atoms with E-state index in [0.717, 1.165) is 0 Å². The highest BCUT2D eigenvalue weighted by Crippen LogP contribution is 2.35. The average molecular weight is 111 g/mol. The SMILES string of the molecule is CC1CC2=C1OCN2. The van der Waals surface area contributed by atoms with Crippen molar-refractivity contribution in [3.8, 4) is 0 Å². The van der Waals surface area contributed by atoms with Crippen molar-refractivity contribution < 1.29 is 4.74 Å². The molecule has 0 saturated carbocycles. The standard InChI is InChI=1S/C6H9NO/c1-4-2-5-6(4)8-3-7-5/h4,7H,2-3H2,1H3. The highest BCUT2D eigenvalue weighted by Gasteiger charge is 2.30. The van der Waals surface area contributed by atoms with Crippen molar-refractivity contribution in [2.24, 2.45) is 5.92 Å². The summed E-state index contributed by atoms with van der Waals surface area (Å²) in [6.07, 6.45) is 1.19. The Balaban J connectivity index is 2.24. The molecule has 2 rings (SSSR count). The molecule has 0 spiro atoms. The number of hydrogen-bond donors (Lipinski definition) is 1. The number of rotatable bonds is 0. The van der Waals surface area contributed by atoms with Crippen LogP contribution in [0.5, 0.6) is 0 Å². The summed E-state index contributed by atoms with van der Waals surface area (Å²) in [6, 6.07) is 0. The zero-order valence-corrected chi connectivity index (χ0v) is 4.90. The van der Waals surface area contributed by atoms with Crippen molar-refractivity contribution in [3.05, 3.63) is 11.5 Å². The second-order valence-electron chi connectivity index (χ2n) is 2.41. The van der Waals surface area contributed by atoms with Gasteiger partial charge in [0.05, 0.1) is 5.70 Å². The van der Waals surface area contributed by atoms with Gasteiger partial charge in [-0.25, -0.2) is 0 Å². The van der Waals surface area contributed by atoms with E-state index >= 15 is 0 Å². The fourth-order valence-electron chi connectivity index (χ4n) is 1.26. The Bertz CT molecular complexity index is 151. The Morgan fingerprint density at radius 1 is 1.75 bits per heavy atom. The van der Waals surface area contributed by atoms with E-state index in [0.29, 0.717) is 12.6 Å². The smallest absolute Gasteiger partial charge is 0.158 e. The minimum atomic E-state index is 0.681. The highest BCUT2D eigenvalue weighted by molar-refractivity contribution is 5.23. The molecule has 0 aromatic rings. The summed E-state index contributed by atoms with van der Waals surface area (Å²) in [5.74, 6) is 1.88. The topological polar surface area (TPSA) is 21.3 Å². The van der Waals surface area contributed by atoms with Crippen LogP contribution >= 0.6 is 0 Å². The lowest BCUT2D eigenvalue weighted by atomic mass is 9.91. The molecule has 2 aliphatic rings. The predicted octanol–water partition coefficient (Wildman–Crippen LogP) is 0.815. The highest BCUT2D eigenvalue weighted by atomic mass is 16.5. The van der Waals surface area contributed by atoms with E-state index in [2.05, 4.69) is 12.2 Å². The lowest BCUT2D eigenvalue weighted by molar-refractivity contribution is 0.198. The third-order valence-electron chi connectivity index (χ3n) is 1.77. The molecule has 0 aromatic heterocycles. The first-order valence-corrected chi connectivity index (χ1v) is 2.97. The summed E-state index contributed by atoms with van der Waals surface area (Å²) in [4.78, 5) is 0. The first kappa shape index (κ1) is 4.24. The summed E-state index contributed by atoms with van der Waals surface area (Å²) >= 11 is 0. The summed E-state index contributed by atoms with van der Waals surface area (Å²) in [6.45, 7) is 2.89. The second kappa shape index (κ2) is 1.19. The van der Waals surface area contributed by atoms with Crippen LogP contribution in [0.4, 0.5) is 0 Å². The molecule has 0 amide bonds. The molecule has 1 unspecified atom stereocenters. The fraction of sp³-hybridized carbons (Fsp3) is 0.667. The van der Waals surface area contributed by atoms with Gasteiger partial charge in [-0.2, -0.15) is 0 Å². The molecule has 2 heteroatoms. The Labute approximate surface area is 48.5 Å². The van der Waals surface area contributed by atoms with Crippen LogP contribution in [0.3, 0.4) is 0 Å².